The number of quaternary nitrogens is 1. The van der Waals surface area contributed by atoms with Crippen LogP contribution in [0.1, 0.15) is 25.8 Å². The highest BCUT2D eigenvalue weighted by Gasteiger charge is 2.46. The number of nitrogens with one attached hydrogen (secondary N) is 2. The van der Waals surface area contributed by atoms with Crippen LogP contribution in [0.25, 0.3) is 0 Å². The van der Waals surface area contributed by atoms with Crippen molar-refractivity contribution in [2.75, 3.05) is 25.0 Å². The molecule has 1 aliphatic rings. The van der Waals surface area contributed by atoms with Gasteiger partial charge in [-0.2, -0.15) is 0 Å². The zero-order valence-electron chi connectivity index (χ0n) is 11.0. The Morgan fingerprint density at radius 2 is 1.94 bits per heavy atom. The lowest BCUT2D eigenvalue weighted by Crippen LogP contribution is -2.34. The molecule has 18 heavy (non-hydrogen) atoms. The molecule has 0 spiro atoms. The average Bonchev–Trinajstić information content (AvgIpc) is 3.10. The first-order valence-corrected chi connectivity index (χ1v) is 6.40. The monoisotopic (exact) mass is 246 g/mol. The summed E-state index contributed by atoms with van der Waals surface area (Å²) in [6.07, 6.45) is 1.10. The molecule has 4 heteroatoms. The largest absolute Gasteiger partial charge is 0.326 e. The van der Waals surface area contributed by atoms with Crippen LogP contribution in [0.3, 0.4) is 0 Å². The van der Waals surface area contributed by atoms with Crippen LogP contribution < -0.4 is 5.32 Å². The fourth-order valence-electron chi connectivity index (χ4n) is 2.30. The van der Waals surface area contributed by atoms with E-state index in [1.54, 1.807) is 0 Å². The van der Waals surface area contributed by atoms with Crippen molar-refractivity contribution in [2.45, 2.75) is 20.3 Å². The van der Waals surface area contributed by atoms with E-state index >= 15 is 0 Å². The second-order valence-corrected chi connectivity index (χ2v) is 4.92. The molecule has 2 rings (SSSR count). The number of anilines is 1. The topological polar surface area (TPSA) is 53.0 Å². The van der Waals surface area contributed by atoms with Gasteiger partial charge in [0.25, 0.3) is 0 Å². The number of carbonyl (C=O) groups is 1. The molecule has 1 fully saturated rings. The average molecular weight is 246 g/mol. The molecule has 1 saturated heterocycles. The van der Waals surface area contributed by atoms with Crippen LogP contribution in [-0.4, -0.2) is 35.9 Å². The second-order valence-electron chi connectivity index (χ2n) is 4.92. The van der Waals surface area contributed by atoms with Crippen LogP contribution in [0.5, 0.6) is 0 Å². The Morgan fingerprint density at radius 1 is 1.33 bits per heavy atom. The summed E-state index contributed by atoms with van der Waals surface area (Å²) in [5.41, 5.74) is 1.74. The van der Waals surface area contributed by atoms with Crippen LogP contribution in [0.4, 0.5) is 5.69 Å². The number of hydrogen-bond donors (Lipinski definition) is 2. The number of benzene rings is 1. The molecule has 0 atom stereocenters. The van der Waals surface area contributed by atoms with E-state index in [1.807, 2.05) is 24.3 Å². The molecular formula is C14H20N3O+. The van der Waals surface area contributed by atoms with Gasteiger partial charge in [0.15, 0.2) is 0 Å². The smallest absolute Gasteiger partial charge is 0.227 e. The van der Waals surface area contributed by atoms with Gasteiger partial charge in [0.2, 0.25) is 11.7 Å². The third-order valence-corrected chi connectivity index (χ3v) is 3.37. The standard InChI is InChI=1S/C14H19N3O/c1-3-8-17(9-10-17)14(15)12-4-6-13(7-5-12)16-11(2)18/h4-7H,3,8-10H2,1-2H3,(H-,15,16,18)/p+1. The van der Waals surface area contributed by atoms with E-state index in [2.05, 4.69) is 12.2 Å². The summed E-state index contributed by atoms with van der Waals surface area (Å²) in [5, 5.41) is 11.0. The van der Waals surface area contributed by atoms with Crippen molar-refractivity contribution in [1.82, 2.24) is 0 Å². The first-order valence-electron chi connectivity index (χ1n) is 6.40. The molecule has 2 N–H and O–H groups in total. The van der Waals surface area contributed by atoms with Gasteiger partial charge in [-0.05, 0) is 30.7 Å². The lowest BCUT2D eigenvalue weighted by molar-refractivity contribution is -0.700. The Morgan fingerprint density at radius 3 is 2.39 bits per heavy atom. The van der Waals surface area contributed by atoms with E-state index in [0.717, 1.165) is 41.8 Å². The highest BCUT2D eigenvalue weighted by atomic mass is 16.1. The highest BCUT2D eigenvalue weighted by Crippen LogP contribution is 2.26. The molecule has 1 aromatic rings. The zero-order chi connectivity index (χ0) is 13.2. The minimum Gasteiger partial charge on any atom is -0.326 e. The van der Waals surface area contributed by atoms with Gasteiger partial charge in [0.05, 0.1) is 12.1 Å². The quantitative estimate of drug-likeness (QED) is 0.364. The molecule has 4 nitrogen and oxygen atoms in total. The summed E-state index contributed by atoms with van der Waals surface area (Å²) in [5.74, 6) is 0.629. The van der Waals surface area contributed by atoms with Crippen molar-refractivity contribution < 1.29 is 9.28 Å². The van der Waals surface area contributed by atoms with Gasteiger partial charge in [-0.1, -0.05) is 6.92 Å². The fourth-order valence-corrected chi connectivity index (χ4v) is 2.30. The summed E-state index contributed by atoms with van der Waals surface area (Å²) >= 11 is 0. The Hall–Kier alpha value is -1.68. The van der Waals surface area contributed by atoms with Gasteiger partial charge in [-0.3, -0.25) is 14.7 Å². The third kappa shape index (κ3) is 2.59. The Labute approximate surface area is 108 Å². The number of nitrogens with zero attached hydrogens (tertiary/aromatic N) is 1. The molecule has 0 saturated carbocycles. The first kappa shape index (κ1) is 12.8. The van der Waals surface area contributed by atoms with Crippen LogP contribution in [0.15, 0.2) is 24.3 Å². The van der Waals surface area contributed by atoms with Crippen LogP contribution in [-0.2, 0) is 4.79 Å². The molecule has 0 radical (unpaired) electrons. The maximum atomic E-state index is 10.9. The number of amidine groups is 1. The number of amides is 1. The van der Waals surface area contributed by atoms with Gasteiger partial charge in [-0.15, -0.1) is 0 Å². The molecule has 96 valence electrons. The summed E-state index contributed by atoms with van der Waals surface area (Å²) in [4.78, 5) is 10.9. The Balaban J connectivity index is 2.10. The van der Waals surface area contributed by atoms with Crippen molar-refractivity contribution in [1.29, 1.82) is 5.41 Å². The SMILES string of the molecule is CCC[N+]1(C(=N)c2ccc(NC(C)=O)cc2)CC1. The third-order valence-electron chi connectivity index (χ3n) is 3.37. The van der Waals surface area contributed by atoms with E-state index < -0.39 is 0 Å². The van der Waals surface area contributed by atoms with Crippen LogP contribution in [0, 0.1) is 5.41 Å². The molecule has 0 bridgehead atoms. The zero-order valence-corrected chi connectivity index (χ0v) is 11.0. The van der Waals surface area contributed by atoms with Crippen molar-refractivity contribution >= 4 is 17.4 Å². The van der Waals surface area contributed by atoms with Crippen LogP contribution in [0.2, 0.25) is 0 Å². The van der Waals surface area contributed by atoms with Crippen molar-refractivity contribution in [2.24, 2.45) is 0 Å². The predicted molar refractivity (Wildman–Crippen MR) is 72.7 cm³/mol. The lowest BCUT2D eigenvalue weighted by atomic mass is 10.1. The van der Waals surface area contributed by atoms with Gasteiger partial charge < -0.3 is 5.32 Å². The summed E-state index contributed by atoms with van der Waals surface area (Å²) in [6, 6.07) is 7.55. The summed E-state index contributed by atoms with van der Waals surface area (Å²) < 4.78 is 0.815. The summed E-state index contributed by atoms with van der Waals surface area (Å²) in [7, 11) is 0. The van der Waals surface area contributed by atoms with Crippen molar-refractivity contribution in [3.63, 3.8) is 0 Å². The number of carbonyl (C=O) groups excluding carboxylic acids is 1. The molecular weight excluding hydrogens is 226 g/mol. The van der Waals surface area contributed by atoms with E-state index in [0.29, 0.717) is 5.84 Å². The minimum absolute atomic E-state index is 0.0711. The Bertz CT molecular complexity index is 460. The lowest BCUT2D eigenvalue weighted by Gasteiger charge is -2.17. The predicted octanol–water partition coefficient (Wildman–Crippen LogP) is 2.21. The molecule has 1 heterocycles. The number of hydrogen-bond acceptors (Lipinski definition) is 2. The minimum atomic E-state index is -0.0711. The van der Waals surface area contributed by atoms with E-state index in [1.165, 1.54) is 6.92 Å². The Kier molecular flexibility index (Phi) is 3.48. The van der Waals surface area contributed by atoms with Crippen molar-refractivity contribution in [3.05, 3.63) is 29.8 Å². The first-order chi connectivity index (χ1) is 8.57. The van der Waals surface area contributed by atoms with E-state index in [9.17, 15) is 4.79 Å². The molecule has 0 aliphatic carbocycles. The molecule has 1 aromatic carbocycles. The van der Waals surface area contributed by atoms with Gasteiger partial charge >= 0.3 is 0 Å². The van der Waals surface area contributed by atoms with Gasteiger partial charge in [0.1, 0.15) is 13.1 Å². The van der Waals surface area contributed by atoms with E-state index in [4.69, 9.17) is 5.41 Å². The second kappa shape index (κ2) is 4.90. The highest BCUT2D eigenvalue weighted by molar-refractivity contribution is 5.93. The maximum Gasteiger partial charge on any atom is 0.227 e. The van der Waals surface area contributed by atoms with Gasteiger partial charge in [-0.25, -0.2) is 0 Å². The number of rotatable bonds is 4. The fraction of sp³-hybridized carbons (Fsp3) is 0.429. The van der Waals surface area contributed by atoms with Gasteiger partial charge in [0, 0.05) is 12.6 Å². The normalized spacial score (nSPS) is 16.1. The maximum absolute atomic E-state index is 10.9. The molecule has 1 aliphatic heterocycles. The van der Waals surface area contributed by atoms with Crippen LogP contribution >= 0.6 is 0 Å². The summed E-state index contributed by atoms with van der Waals surface area (Å²) in [6.45, 7) is 6.87. The molecule has 1 amide bonds. The van der Waals surface area contributed by atoms with Crippen molar-refractivity contribution in [3.8, 4) is 0 Å². The molecule has 0 unspecified atom stereocenters. The molecule has 0 aromatic heterocycles. The van der Waals surface area contributed by atoms with E-state index in [-0.39, 0.29) is 5.91 Å².